The Bertz CT molecular complexity index is 593. The second-order valence-electron chi connectivity index (χ2n) is 4.53. The van der Waals surface area contributed by atoms with Gasteiger partial charge in [-0.15, -0.1) is 0 Å². The molecule has 0 saturated heterocycles. The minimum Gasteiger partial charge on any atom is -0.493 e. The summed E-state index contributed by atoms with van der Waals surface area (Å²) in [6, 6.07) is 16.4. The van der Waals surface area contributed by atoms with Gasteiger partial charge in [-0.3, -0.25) is 4.79 Å². The van der Waals surface area contributed by atoms with Crippen molar-refractivity contribution in [3.8, 4) is 5.75 Å². The van der Waals surface area contributed by atoms with Gasteiger partial charge in [0.2, 0.25) is 0 Å². The summed E-state index contributed by atoms with van der Waals surface area (Å²) in [5, 5.41) is 0. The first-order valence-electron chi connectivity index (χ1n) is 6.72. The summed E-state index contributed by atoms with van der Waals surface area (Å²) in [7, 11) is 1.74. The van der Waals surface area contributed by atoms with Gasteiger partial charge in [-0.25, -0.2) is 0 Å². The van der Waals surface area contributed by atoms with Gasteiger partial charge < -0.3 is 14.4 Å². The van der Waals surface area contributed by atoms with Crippen LogP contribution in [0.2, 0.25) is 0 Å². The number of rotatable bonds is 6. The van der Waals surface area contributed by atoms with Crippen LogP contribution in [0.5, 0.6) is 5.75 Å². The maximum atomic E-state index is 12.4. The molecule has 4 heteroatoms. The van der Waals surface area contributed by atoms with Crippen LogP contribution in [0.25, 0.3) is 0 Å². The number of hydrogen-bond acceptors (Lipinski definition) is 3. The van der Waals surface area contributed by atoms with Crippen molar-refractivity contribution in [2.75, 3.05) is 18.6 Å². The number of benzene rings is 2. The second kappa shape index (κ2) is 7.24. The first-order chi connectivity index (χ1) is 10.2. The average Bonchev–Trinajstić information content (AvgIpc) is 2.55. The van der Waals surface area contributed by atoms with E-state index in [1.54, 1.807) is 36.2 Å². The van der Waals surface area contributed by atoms with E-state index < -0.39 is 0 Å². The van der Waals surface area contributed by atoms with Crippen LogP contribution in [0.4, 0.5) is 5.69 Å². The molecule has 0 heterocycles. The average molecular weight is 283 g/mol. The number of nitrogens with zero attached hydrogens (tertiary/aromatic N) is 1. The van der Waals surface area contributed by atoms with Crippen molar-refractivity contribution in [2.45, 2.75) is 6.42 Å². The number of para-hydroxylation sites is 1. The van der Waals surface area contributed by atoms with Gasteiger partial charge in [0.05, 0.1) is 6.61 Å². The van der Waals surface area contributed by atoms with Crippen LogP contribution in [-0.2, 0) is 4.79 Å². The second-order valence-corrected chi connectivity index (χ2v) is 4.53. The summed E-state index contributed by atoms with van der Waals surface area (Å²) < 4.78 is 5.37. The van der Waals surface area contributed by atoms with E-state index in [9.17, 15) is 9.59 Å². The van der Waals surface area contributed by atoms with E-state index in [1.165, 1.54) is 0 Å². The zero-order chi connectivity index (χ0) is 15.1. The van der Waals surface area contributed by atoms with Gasteiger partial charge in [0.25, 0.3) is 5.91 Å². The van der Waals surface area contributed by atoms with E-state index in [2.05, 4.69) is 0 Å². The Labute approximate surface area is 124 Å². The number of aldehydes is 1. The number of carbonyl (C=O) groups excluding carboxylic acids is 2. The smallest absolute Gasteiger partial charge is 0.258 e. The first-order valence-corrected chi connectivity index (χ1v) is 6.72. The van der Waals surface area contributed by atoms with Crippen LogP contribution in [0.15, 0.2) is 54.6 Å². The number of carbonyl (C=O) groups is 2. The zero-order valence-corrected chi connectivity index (χ0v) is 11.9. The van der Waals surface area contributed by atoms with Crippen molar-refractivity contribution < 1.29 is 14.3 Å². The van der Waals surface area contributed by atoms with Gasteiger partial charge in [-0.2, -0.15) is 0 Å². The fourth-order valence-corrected chi connectivity index (χ4v) is 1.88. The quantitative estimate of drug-likeness (QED) is 0.605. The standard InChI is InChI=1S/C17H17NO3/c1-18(15-6-3-2-4-7-15)17(20)14-8-10-16(11-9-14)21-13-5-12-19/h2-4,6-12H,5,13H2,1H3. The van der Waals surface area contributed by atoms with E-state index >= 15 is 0 Å². The molecule has 2 rings (SSSR count). The molecule has 0 unspecified atom stereocenters. The molecule has 0 N–H and O–H groups in total. The maximum absolute atomic E-state index is 12.4. The predicted octanol–water partition coefficient (Wildman–Crippen LogP) is 2.93. The summed E-state index contributed by atoms with van der Waals surface area (Å²) in [4.78, 5) is 24.2. The van der Waals surface area contributed by atoms with Crippen LogP contribution in [0.1, 0.15) is 16.8 Å². The summed E-state index contributed by atoms with van der Waals surface area (Å²) in [5.74, 6) is 0.566. The highest BCUT2D eigenvalue weighted by Gasteiger charge is 2.12. The summed E-state index contributed by atoms with van der Waals surface area (Å²) in [6.45, 7) is 0.348. The third-order valence-corrected chi connectivity index (χ3v) is 3.05. The van der Waals surface area contributed by atoms with Crippen LogP contribution in [0, 0.1) is 0 Å². The van der Waals surface area contributed by atoms with Crippen molar-refractivity contribution in [3.05, 3.63) is 60.2 Å². The van der Waals surface area contributed by atoms with E-state index in [0.717, 1.165) is 12.0 Å². The molecule has 1 amide bonds. The van der Waals surface area contributed by atoms with Gasteiger partial charge in [-0.1, -0.05) is 18.2 Å². The molecule has 2 aromatic rings. The lowest BCUT2D eigenvalue weighted by molar-refractivity contribution is -0.108. The Kier molecular flexibility index (Phi) is 5.10. The highest BCUT2D eigenvalue weighted by molar-refractivity contribution is 6.05. The summed E-state index contributed by atoms with van der Waals surface area (Å²) >= 11 is 0. The Hall–Kier alpha value is -2.62. The van der Waals surface area contributed by atoms with E-state index in [0.29, 0.717) is 24.3 Å². The minimum atomic E-state index is -0.0827. The Morgan fingerprint density at radius 1 is 1.10 bits per heavy atom. The maximum Gasteiger partial charge on any atom is 0.258 e. The van der Waals surface area contributed by atoms with E-state index in [4.69, 9.17) is 4.74 Å². The van der Waals surface area contributed by atoms with Crippen molar-refractivity contribution in [1.82, 2.24) is 0 Å². The molecule has 0 fully saturated rings. The van der Waals surface area contributed by atoms with Gasteiger partial charge >= 0.3 is 0 Å². The fourth-order valence-electron chi connectivity index (χ4n) is 1.88. The van der Waals surface area contributed by atoms with Gasteiger partial charge in [0.1, 0.15) is 12.0 Å². The molecule has 2 aromatic carbocycles. The summed E-state index contributed by atoms with van der Waals surface area (Å²) in [6.07, 6.45) is 1.17. The Morgan fingerprint density at radius 3 is 2.38 bits per heavy atom. The van der Waals surface area contributed by atoms with Gasteiger partial charge in [0, 0.05) is 24.7 Å². The van der Waals surface area contributed by atoms with Crippen molar-refractivity contribution >= 4 is 17.9 Å². The number of amides is 1. The SMILES string of the molecule is CN(C(=O)c1ccc(OCCC=O)cc1)c1ccccc1. The molecule has 0 radical (unpaired) electrons. The Balaban J connectivity index is 2.04. The largest absolute Gasteiger partial charge is 0.493 e. The monoisotopic (exact) mass is 283 g/mol. The van der Waals surface area contributed by atoms with Crippen LogP contribution < -0.4 is 9.64 Å². The molecule has 0 aliphatic heterocycles. The number of hydrogen-bond donors (Lipinski definition) is 0. The molecular formula is C17H17NO3. The lowest BCUT2D eigenvalue weighted by atomic mass is 10.2. The van der Waals surface area contributed by atoms with E-state index in [-0.39, 0.29) is 5.91 Å². The van der Waals surface area contributed by atoms with Crippen molar-refractivity contribution in [3.63, 3.8) is 0 Å². The lowest BCUT2D eigenvalue weighted by Gasteiger charge is -2.17. The number of ether oxygens (including phenoxy) is 1. The molecule has 0 aliphatic rings. The minimum absolute atomic E-state index is 0.0827. The molecule has 0 aliphatic carbocycles. The highest BCUT2D eigenvalue weighted by Crippen LogP contribution is 2.17. The normalized spacial score (nSPS) is 9.95. The fraction of sp³-hybridized carbons (Fsp3) is 0.176. The van der Waals surface area contributed by atoms with Crippen LogP contribution in [0.3, 0.4) is 0 Å². The number of anilines is 1. The lowest BCUT2D eigenvalue weighted by Crippen LogP contribution is -2.25. The molecule has 108 valence electrons. The molecule has 4 nitrogen and oxygen atoms in total. The summed E-state index contributed by atoms with van der Waals surface area (Å²) in [5.41, 5.74) is 1.43. The molecule has 0 aromatic heterocycles. The van der Waals surface area contributed by atoms with Crippen LogP contribution in [-0.4, -0.2) is 25.8 Å². The molecule has 0 spiro atoms. The van der Waals surface area contributed by atoms with Crippen molar-refractivity contribution in [2.24, 2.45) is 0 Å². The van der Waals surface area contributed by atoms with Crippen molar-refractivity contribution in [1.29, 1.82) is 0 Å². The van der Waals surface area contributed by atoms with Gasteiger partial charge in [0.15, 0.2) is 0 Å². The zero-order valence-electron chi connectivity index (χ0n) is 11.9. The van der Waals surface area contributed by atoms with E-state index in [1.807, 2.05) is 30.3 Å². The van der Waals surface area contributed by atoms with Gasteiger partial charge in [-0.05, 0) is 36.4 Å². The highest BCUT2D eigenvalue weighted by atomic mass is 16.5. The topological polar surface area (TPSA) is 46.6 Å². The Morgan fingerprint density at radius 2 is 1.76 bits per heavy atom. The predicted molar refractivity (Wildman–Crippen MR) is 81.8 cm³/mol. The first kappa shape index (κ1) is 14.8. The third-order valence-electron chi connectivity index (χ3n) is 3.05. The molecule has 0 atom stereocenters. The molecule has 0 saturated carbocycles. The molecule has 21 heavy (non-hydrogen) atoms. The molecule has 0 bridgehead atoms. The molecular weight excluding hydrogens is 266 g/mol. The van der Waals surface area contributed by atoms with Crippen LogP contribution >= 0.6 is 0 Å². The third kappa shape index (κ3) is 3.92.